The van der Waals surface area contributed by atoms with Crippen LogP contribution in [0.25, 0.3) is 0 Å². The van der Waals surface area contributed by atoms with Crippen LogP contribution in [-0.4, -0.2) is 47.8 Å². The number of aliphatic hydroxyl groups excluding tert-OH is 1. The van der Waals surface area contributed by atoms with Crippen molar-refractivity contribution in [2.24, 2.45) is 0 Å². The Bertz CT molecular complexity index is 504. The highest BCUT2D eigenvalue weighted by molar-refractivity contribution is 7.12. The molecular formula is C14H17NO3S. The van der Waals surface area contributed by atoms with E-state index in [4.69, 9.17) is 9.84 Å². The molecule has 1 N–H and O–H groups in total. The van der Waals surface area contributed by atoms with Crippen LogP contribution in [0, 0.1) is 11.8 Å². The molecule has 1 fully saturated rings. The summed E-state index contributed by atoms with van der Waals surface area (Å²) in [5, 5.41) is 10.6. The Labute approximate surface area is 117 Å². The minimum absolute atomic E-state index is 0.000704. The summed E-state index contributed by atoms with van der Waals surface area (Å²) >= 11 is 1.39. The van der Waals surface area contributed by atoms with Crippen LogP contribution in [0.15, 0.2) is 11.4 Å². The topological polar surface area (TPSA) is 49.8 Å². The zero-order chi connectivity index (χ0) is 13.8. The van der Waals surface area contributed by atoms with Gasteiger partial charge in [0.15, 0.2) is 0 Å². The van der Waals surface area contributed by atoms with Gasteiger partial charge in [-0.15, -0.1) is 11.3 Å². The van der Waals surface area contributed by atoms with Gasteiger partial charge < -0.3 is 14.7 Å². The lowest BCUT2D eigenvalue weighted by molar-refractivity contribution is -0.0585. The van der Waals surface area contributed by atoms with Gasteiger partial charge in [-0.25, -0.2) is 0 Å². The molecule has 1 saturated heterocycles. The molecule has 0 aromatic carbocycles. The molecule has 1 aliphatic rings. The van der Waals surface area contributed by atoms with Crippen LogP contribution >= 0.6 is 11.3 Å². The first-order valence-electron chi connectivity index (χ1n) is 6.23. The van der Waals surface area contributed by atoms with E-state index in [1.54, 1.807) is 0 Å². The zero-order valence-corrected chi connectivity index (χ0v) is 11.9. The minimum atomic E-state index is -0.199. The van der Waals surface area contributed by atoms with Crippen molar-refractivity contribution < 1.29 is 14.6 Å². The van der Waals surface area contributed by atoms with E-state index in [1.165, 1.54) is 11.3 Å². The number of hydrogen-bond donors (Lipinski definition) is 1. The van der Waals surface area contributed by atoms with Crippen LogP contribution in [-0.2, 0) is 4.74 Å². The molecule has 0 spiro atoms. The Morgan fingerprint density at radius 3 is 2.84 bits per heavy atom. The van der Waals surface area contributed by atoms with E-state index in [-0.39, 0.29) is 24.7 Å². The van der Waals surface area contributed by atoms with Gasteiger partial charge >= 0.3 is 0 Å². The SMILES string of the molecule is CC1CN(C(=O)c2sccc2C#CCO)CC(C)O1. The standard InChI is InChI=1S/C14H17NO3S/c1-10-8-15(9-11(2)18-10)14(17)13-12(4-3-6-16)5-7-19-13/h5,7,10-11,16H,6,8-9H2,1-2H3. The number of carbonyl (C=O) groups excluding carboxylic acids is 1. The van der Waals surface area contributed by atoms with Crippen molar-refractivity contribution in [3.8, 4) is 11.8 Å². The van der Waals surface area contributed by atoms with Crippen molar-refractivity contribution in [1.82, 2.24) is 4.90 Å². The molecule has 1 aromatic heterocycles. The Hall–Kier alpha value is -1.35. The van der Waals surface area contributed by atoms with Gasteiger partial charge in [-0.05, 0) is 25.3 Å². The maximum Gasteiger partial charge on any atom is 0.265 e. The summed E-state index contributed by atoms with van der Waals surface area (Å²) in [4.78, 5) is 14.9. The van der Waals surface area contributed by atoms with E-state index in [0.717, 1.165) is 0 Å². The molecule has 1 amide bonds. The maximum absolute atomic E-state index is 12.5. The van der Waals surface area contributed by atoms with Gasteiger partial charge in [0.25, 0.3) is 5.91 Å². The van der Waals surface area contributed by atoms with Crippen molar-refractivity contribution in [2.45, 2.75) is 26.1 Å². The lowest BCUT2D eigenvalue weighted by Crippen LogP contribution is -2.48. The third kappa shape index (κ3) is 3.35. The molecule has 102 valence electrons. The van der Waals surface area contributed by atoms with E-state index >= 15 is 0 Å². The van der Waals surface area contributed by atoms with Crippen molar-refractivity contribution in [3.63, 3.8) is 0 Å². The Kier molecular flexibility index (Phi) is 4.59. The average molecular weight is 279 g/mol. The fraction of sp³-hybridized carbons (Fsp3) is 0.500. The Morgan fingerprint density at radius 1 is 1.53 bits per heavy atom. The third-order valence-corrected chi connectivity index (χ3v) is 3.77. The van der Waals surface area contributed by atoms with Crippen LogP contribution in [0.2, 0.25) is 0 Å². The van der Waals surface area contributed by atoms with Gasteiger partial charge in [0, 0.05) is 18.7 Å². The second-order valence-electron chi connectivity index (χ2n) is 4.59. The first kappa shape index (κ1) is 14.1. The normalized spacial score (nSPS) is 22.8. The molecule has 2 rings (SSSR count). The van der Waals surface area contributed by atoms with Crippen LogP contribution in [0.4, 0.5) is 0 Å². The third-order valence-electron chi connectivity index (χ3n) is 2.87. The summed E-state index contributed by atoms with van der Waals surface area (Å²) in [6.07, 6.45) is 0.110. The Morgan fingerprint density at radius 2 is 2.21 bits per heavy atom. The molecule has 2 heterocycles. The molecule has 1 aromatic rings. The maximum atomic E-state index is 12.5. The van der Waals surface area contributed by atoms with Gasteiger partial charge in [-0.2, -0.15) is 0 Å². The molecule has 0 aliphatic carbocycles. The molecule has 2 atom stereocenters. The predicted octanol–water partition coefficient (Wildman–Crippen LogP) is 1.34. The fourth-order valence-electron chi connectivity index (χ4n) is 2.20. The molecule has 0 bridgehead atoms. The van der Waals surface area contributed by atoms with Gasteiger partial charge in [-0.1, -0.05) is 11.8 Å². The molecular weight excluding hydrogens is 262 g/mol. The molecule has 0 saturated carbocycles. The van der Waals surface area contributed by atoms with Crippen LogP contribution in [0.5, 0.6) is 0 Å². The predicted molar refractivity (Wildman–Crippen MR) is 74.2 cm³/mol. The molecule has 5 heteroatoms. The molecule has 0 radical (unpaired) electrons. The van der Waals surface area contributed by atoms with Crippen LogP contribution in [0.3, 0.4) is 0 Å². The first-order chi connectivity index (χ1) is 9.11. The van der Waals surface area contributed by atoms with Crippen LogP contribution in [0.1, 0.15) is 29.1 Å². The molecule has 4 nitrogen and oxygen atoms in total. The number of thiophene rings is 1. The van der Waals surface area contributed by atoms with Crippen molar-refractivity contribution in [2.75, 3.05) is 19.7 Å². The minimum Gasteiger partial charge on any atom is -0.384 e. The summed E-state index contributed by atoms with van der Waals surface area (Å²) in [6, 6.07) is 1.81. The largest absolute Gasteiger partial charge is 0.384 e. The summed E-state index contributed by atoms with van der Waals surface area (Å²) < 4.78 is 5.63. The van der Waals surface area contributed by atoms with Gasteiger partial charge in [0.2, 0.25) is 0 Å². The van der Waals surface area contributed by atoms with Crippen LogP contribution < -0.4 is 0 Å². The fourth-order valence-corrected chi connectivity index (χ4v) is 3.01. The van der Waals surface area contributed by atoms with E-state index in [2.05, 4.69) is 11.8 Å². The smallest absolute Gasteiger partial charge is 0.265 e. The molecule has 19 heavy (non-hydrogen) atoms. The van der Waals surface area contributed by atoms with Crippen molar-refractivity contribution in [1.29, 1.82) is 0 Å². The van der Waals surface area contributed by atoms with Crippen molar-refractivity contribution >= 4 is 17.2 Å². The average Bonchev–Trinajstić information content (AvgIpc) is 2.82. The lowest BCUT2D eigenvalue weighted by Gasteiger charge is -2.35. The van der Waals surface area contributed by atoms with E-state index in [0.29, 0.717) is 23.5 Å². The lowest BCUT2D eigenvalue weighted by atomic mass is 10.2. The number of nitrogens with zero attached hydrogens (tertiary/aromatic N) is 1. The number of carbonyl (C=O) groups is 1. The Balaban J connectivity index is 2.17. The van der Waals surface area contributed by atoms with E-state index in [9.17, 15) is 4.79 Å². The number of rotatable bonds is 1. The zero-order valence-electron chi connectivity index (χ0n) is 11.0. The summed E-state index contributed by atoms with van der Waals surface area (Å²) in [7, 11) is 0. The number of ether oxygens (including phenoxy) is 1. The molecule has 1 aliphatic heterocycles. The van der Waals surface area contributed by atoms with Crippen molar-refractivity contribution in [3.05, 3.63) is 21.9 Å². The number of aliphatic hydroxyl groups is 1. The van der Waals surface area contributed by atoms with E-state index in [1.807, 2.05) is 30.2 Å². The highest BCUT2D eigenvalue weighted by atomic mass is 32.1. The number of morpholine rings is 1. The van der Waals surface area contributed by atoms with Gasteiger partial charge in [0.1, 0.15) is 11.5 Å². The first-order valence-corrected chi connectivity index (χ1v) is 7.11. The second-order valence-corrected chi connectivity index (χ2v) is 5.51. The highest BCUT2D eigenvalue weighted by Crippen LogP contribution is 2.21. The monoisotopic (exact) mass is 279 g/mol. The van der Waals surface area contributed by atoms with Gasteiger partial charge in [-0.3, -0.25) is 4.79 Å². The summed E-state index contributed by atoms with van der Waals surface area (Å²) in [6.45, 7) is 4.95. The quantitative estimate of drug-likeness (QED) is 0.789. The second kappa shape index (κ2) is 6.20. The van der Waals surface area contributed by atoms with Gasteiger partial charge in [0.05, 0.1) is 12.2 Å². The number of hydrogen-bond acceptors (Lipinski definition) is 4. The highest BCUT2D eigenvalue weighted by Gasteiger charge is 2.28. The summed E-state index contributed by atoms with van der Waals surface area (Å²) in [5.74, 6) is 5.40. The van der Waals surface area contributed by atoms with E-state index < -0.39 is 0 Å². The summed E-state index contributed by atoms with van der Waals surface area (Å²) in [5.41, 5.74) is 0.691. The molecule has 2 unspecified atom stereocenters. The number of amides is 1.